The summed E-state index contributed by atoms with van der Waals surface area (Å²) in [6.45, 7) is 0.524. The number of benzene rings is 1. The monoisotopic (exact) mass is 228 g/mol. The van der Waals surface area contributed by atoms with Gasteiger partial charge in [0.25, 0.3) is 6.43 Å². The molecule has 0 heterocycles. The summed E-state index contributed by atoms with van der Waals surface area (Å²) in [4.78, 5) is 1.65. The average molecular weight is 228 g/mol. The van der Waals surface area contributed by atoms with Gasteiger partial charge in [-0.25, -0.2) is 8.78 Å². The van der Waals surface area contributed by atoms with Crippen LogP contribution in [0.2, 0.25) is 0 Å². The van der Waals surface area contributed by atoms with E-state index in [0.29, 0.717) is 6.54 Å². The molecule has 0 aliphatic carbocycles. The lowest BCUT2D eigenvalue weighted by atomic mass is 10.1. The van der Waals surface area contributed by atoms with E-state index < -0.39 is 6.43 Å². The number of halogens is 2. The zero-order valence-corrected chi connectivity index (χ0v) is 9.50. The van der Waals surface area contributed by atoms with E-state index in [-0.39, 0.29) is 6.54 Å². The van der Waals surface area contributed by atoms with Crippen LogP contribution < -0.4 is 5.73 Å². The number of anilines is 1. The highest BCUT2D eigenvalue weighted by molar-refractivity contribution is 5.40. The third-order valence-corrected chi connectivity index (χ3v) is 2.41. The second kappa shape index (κ2) is 6.43. The number of rotatable bonds is 6. The van der Waals surface area contributed by atoms with Crippen molar-refractivity contribution in [3.63, 3.8) is 0 Å². The van der Waals surface area contributed by atoms with E-state index in [1.165, 1.54) is 0 Å². The molecule has 0 aliphatic heterocycles. The minimum Gasteiger partial charge on any atom is -0.399 e. The van der Waals surface area contributed by atoms with Crippen LogP contribution in [0.15, 0.2) is 24.3 Å². The first-order valence-electron chi connectivity index (χ1n) is 5.39. The summed E-state index contributed by atoms with van der Waals surface area (Å²) in [6.07, 6.45) is -0.511. The summed E-state index contributed by atoms with van der Waals surface area (Å²) in [5.41, 5.74) is 7.55. The molecule has 90 valence electrons. The van der Waals surface area contributed by atoms with Crippen molar-refractivity contribution in [1.82, 2.24) is 4.90 Å². The quantitative estimate of drug-likeness (QED) is 0.757. The molecule has 0 radical (unpaired) electrons. The van der Waals surface area contributed by atoms with Gasteiger partial charge in [-0.05, 0) is 44.1 Å². The van der Waals surface area contributed by atoms with Crippen LogP contribution in [0.25, 0.3) is 0 Å². The average Bonchev–Trinajstić information content (AvgIpc) is 2.16. The zero-order chi connectivity index (χ0) is 12.0. The van der Waals surface area contributed by atoms with Gasteiger partial charge >= 0.3 is 0 Å². The summed E-state index contributed by atoms with van der Waals surface area (Å²) in [7, 11) is 1.71. The first-order chi connectivity index (χ1) is 7.58. The zero-order valence-electron chi connectivity index (χ0n) is 9.50. The second-order valence-electron chi connectivity index (χ2n) is 4.00. The van der Waals surface area contributed by atoms with Crippen LogP contribution in [0, 0.1) is 0 Å². The van der Waals surface area contributed by atoms with Crippen molar-refractivity contribution in [3.8, 4) is 0 Å². The maximum absolute atomic E-state index is 12.0. The molecule has 0 atom stereocenters. The number of hydrogen-bond acceptors (Lipinski definition) is 2. The van der Waals surface area contributed by atoms with Crippen molar-refractivity contribution < 1.29 is 8.78 Å². The molecule has 0 saturated carbocycles. The van der Waals surface area contributed by atoms with Crippen molar-refractivity contribution in [3.05, 3.63) is 29.8 Å². The van der Waals surface area contributed by atoms with Crippen LogP contribution in [0.1, 0.15) is 12.0 Å². The van der Waals surface area contributed by atoms with Gasteiger partial charge in [0.1, 0.15) is 0 Å². The SMILES string of the molecule is CN(CCCc1cccc(N)c1)CC(F)F. The minimum atomic E-state index is -2.25. The second-order valence-corrected chi connectivity index (χ2v) is 4.00. The number of aryl methyl sites for hydroxylation is 1. The number of nitrogens with two attached hydrogens (primary N) is 1. The fourth-order valence-electron chi connectivity index (χ4n) is 1.63. The van der Waals surface area contributed by atoms with Gasteiger partial charge in [0.15, 0.2) is 0 Å². The van der Waals surface area contributed by atoms with E-state index in [1.807, 2.05) is 24.3 Å². The molecule has 2 N–H and O–H groups in total. The first kappa shape index (κ1) is 12.9. The lowest BCUT2D eigenvalue weighted by molar-refractivity contribution is 0.0999. The van der Waals surface area contributed by atoms with E-state index in [2.05, 4.69) is 0 Å². The Kier molecular flexibility index (Phi) is 5.19. The predicted molar refractivity (Wildman–Crippen MR) is 62.7 cm³/mol. The number of hydrogen-bond donors (Lipinski definition) is 1. The van der Waals surface area contributed by atoms with E-state index in [9.17, 15) is 8.78 Å². The summed E-state index contributed by atoms with van der Waals surface area (Å²) in [5, 5.41) is 0. The Bertz CT molecular complexity index is 316. The molecule has 1 aromatic rings. The largest absolute Gasteiger partial charge is 0.399 e. The van der Waals surface area contributed by atoms with E-state index in [0.717, 1.165) is 24.1 Å². The molecule has 16 heavy (non-hydrogen) atoms. The molecule has 0 unspecified atom stereocenters. The molecule has 0 bridgehead atoms. The van der Waals surface area contributed by atoms with Crippen LogP contribution >= 0.6 is 0 Å². The number of nitrogens with zero attached hydrogens (tertiary/aromatic N) is 1. The highest BCUT2D eigenvalue weighted by Crippen LogP contribution is 2.09. The van der Waals surface area contributed by atoms with Gasteiger partial charge in [0, 0.05) is 5.69 Å². The van der Waals surface area contributed by atoms with Crippen molar-refractivity contribution in [2.75, 3.05) is 25.9 Å². The molecule has 0 fully saturated rings. The normalized spacial score (nSPS) is 11.3. The Morgan fingerprint density at radius 3 is 2.75 bits per heavy atom. The van der Waals surface area contributed by atoms with Crippen LogP contribution in [0.5, 0.6) is 0 Å². The Hall–Kier alpha value is -1.16. The van der Waals surface area contributed by atoms with Crippen LogP contribution in [0.3, 0.4) is 0 Å². The van der Waals surface area contributed by atoms with Gasteiger partial charge in [-0.2, -0.15) is 0 Å². The lowest BCUT2D eigenvalue weighted by Crippen LogP contribution is -2.25. The summed E-state index contributed by atoms with van der Waals surface area (Å²) in [5.74, 6) is 0. The Morgan fingerprint density at radius 2 is 2.12 bits per heavy atom. The highest BCUT2D eigenvalue weighted by Gasteiger charge is 2.06. The fourth-order valence-corrected chi connectivity index (χ4v) is 1.63. The third-order valence-electron chi connectivity index (χ3n) is 2.41. The first-order valence-corrected chi connectivity index (χ1v) is 5.39. The summed E-state index contributed by atoms with van der Waals surface area (Å²) < 4.78 is 24.1. The van der Waals surface area contributed by atoms with E-state index >= 15 is 0 Å². The smallest absolute Gasteiger partial charge is 0.251 e. The van der Waals surface area contributed by atoms with Crippen LogP contribution in [0.4, 0.5) is 14.5 Å². The molecule has 1 rings (SSSR count). The maximum atomic E-state index is 12.0. The van der Waals surface area contributed by atoms with Crippen LogP contribution in [-0.2, 0) is 6.42 Å². The van der Waals surface area contributed by atoms with Gasteiger partial charge in [-0.15, -0.1) is 0 Å². The number of alkyl halides is 2. The van der Waals surface area contributed by atoms with Crippen molar-refractivity contribution >= 4 is 5.69 Å². The Balaban J connectivity index is 2.25. The third kappa shape index (κ3) is 5.07. The fraction of sp³-hybridized carbons (Fsp3) is 0.500. The molecule has 2 nitrogen and oxygen atoms in total. The molecule has 1 aromatic carbocycles. The van der Waals surface area contributed by atoms with Gasteiger partial charge in [0.05, 0.1) is 6.54 Å². The van der Waals surface area contributed by atoms with Gasteiger partial charge in [0.2, 0.25) is 0 Å². The summed E-state index contributed by atoms with van der Waals surface area (Å²) >= 11 is 0. The molecule has 4 heteroatoms. The van der Waals surface area contributed by atoms with E-state index in [1.54, 1.807) is 11.9 Å². The number of nitrogen functional groups attached to an aromatic ring is 1. The molecule has 0 amide bonds. The molecule has 0 aliphatic rings. The van der Waals surface area contributed by atoms with Gasteiger partial charge < -0.3 is 10.6 Å². The van der Waals surface area contributed by atoms with Crippen molar-refractivity contribution in [2.24, 2.45) is 0 Å². The molecular weight excluding hydrogens is 210 g/mol. The van der Waals surface area contributed by atoms with Gasteiger partial charge in [-0.1, -0.05) is 12.1 Å². The van der Waals surface area contributed by atoms with E-state index in [4.69, 9.17) is 5.73 Å². The van der Waals surface area contributed by atoms with Crippen molar-refractivity contribution in [1.29, 1.82) is 0 Å². The Morgan fingerprint density at radius 1 is 1.38 bits per heavy atom. The van der Waals surface area contributed by atoms with Crippen LogP contribution in [-0.4, -0.2) is 31.5 Å². The Labute approximate surface area is 95.1 Å². The van der Waals surface area contributed by atoms with Gasteiger partial charge in [-0.3, -0.25) is 0 Å². The predicted octanol–water partition coefficient (Wildman–Crippen LogP) is 2.40. The standard InChI is InChI=1S/C12H18F2N2/c1-16(9-12(13)14)7-3-5-10-4-2-6-11(15)8-10/h2,4,6,8,12H,3,5,7,9,15H2,1H3. The van der Waals surface area contributed by atoms with Crippen molar-refractivity contribution in [2.45, 2.75) is 19.3 Å². The molecule has 0 aromatic heterocycles. The minimum absolute atomic E-state index is 0.156. The lowest BCUT2D eigenvalue weighted by Gasteiger charge is -2.15. The topological polar surface area (TPSA) is 29.3 Å². The molecule has 0 saturated heterocycles. The highest BCUT2D eigenvalue weighted by atomic mass is 19.3. The molecular formula is C12H18F2N2. The summed E-state index contributed by atoms with van der Waals surface area (Å²) in [6, 6.07) is 7.68. The maximum Gasteiger partial charge on any atom is 0.251 e. The molecule has 0 spiro atoms.